The third-order valence-electron chi connectivity index (χ3n) is 5.38. The highest BCUT2D eigenvalue weighted by Gasteiger charge is 2.37. The predicted octanol–water partition coefficient (Wildman–Crippen LogP) is 5.85. The lowest BCUT2D eigenvalue weighted by Gasteiger charge is -2.28. The molecule has 0 saturated carbocycles. The molecule has 1 aliphatic rings. The predicted molar refractivity (Wildman–Crippen MR) is 141 cm³/mol. The van der Waals surface area contributed by atoms with Gasteiger partial charge in [-0.3, -0.25) is 4.79 Å². The van der Waals surface area contributed by atoms with Gasteiger partial charge in [-0.2, -0.15) is 5.26 Å². The zero-order valence-corrected chi connectivity index (χ0v) is 21.7. The van der Waals surface area contributed by atoms with Gasteiger partial charge in [-0.05, 0) is 48.9 Å². The Balaban J connectivity index is 1.53. The Labute approximate surface area is 221 Å². The molecule has 2 aromatic carbocycles. The average Bonchev–Trinajstić information content (AvgIpc) is 3.42. The zero-order chi connectivity index (χ0) is 25.5. The topological polar surface area (TPSA) is 104 Å². The first-order chi connectivity index (χ1) is 17.5. The van der Waals surface area contributed by atoms with Gasteiger partial charge in [0.2, 0.25) is 5.91 Å². The molecule has 0 aliphatic carbocycles. The summed E-state index contributed by atoms with van der Waals surface area (Å²) in [6.07, 6.45) is 1.49. The molecule has 2 N–H and O–H groups in total. The highest BCUT2D eigenvalue weighted by Crippen LogP contribution is 2.41. The SMILES string of the molecule is CC1=C(C(=O)OCc2ccccc2)[C@H](c2ccco2)C(C#N)=C(SCC(=O)Nc2ccc(Br)cc2)N1. The maximum Gasteiger partial charge on any atom is 0.337 e. The number of nitrogens with one attached hydrogen (secondary N) is 2. The summed E-state index contributed by atoms with van der Waals surface area (Å²) in [5.74, 6) is -1.02. The normalized spacial score (nSPS) is 15.2. The number of nitriles is 1. The lowest BCUT2D eigenvalue weighted by Crippen LogP contribution is -2.29. The second kappa shape index (κ2) is 11.8. The van der Waals surface area contributed by atoms with Crippen LogP contribution < -0.4 is 10.6 Å². The molecule has 0 saturated heterocycles. The van der Waals surface area contributed by atoms with Crippen molar-refractivity contribution in [2.24, 2.45) is 0 Å². The van der Waals surface area contributed by atoms with E-state index in [0.717, 1.165) is 10.0 Å². The molecule has 0 spiro atoms. The van der Waals surface area contributed by atoms with E-state index in [-0.39, 0.29) is 23.8 Å². The Hall–Kier alpha value is -3.74. The molecule has 0 fully saturated rings. The van der Waals surface area contributed by atoms with E-state index in [2.05, 4.69) is 32.6 Å². The average molecular weight is 564 g/mol. The quantitative estimate of drug-likeness (QED) is 0.331. The number of esters is 1. The van der Waals surface area contributed by atoms with Crippen molar-refractivity contribution >= 4 is 45.3 Å². The van der Waals surface area contributed by atoms with Crippen molar-refractivity contribution < 1.29 is 18.7 Å². The van der Waals surface area contributed by atoms with E-state index in [1.165, 1.54) is 18.0 Å². The summed E-state index contributed by atoms with van der Waals surface area (Å²) in [4.78, 5) is 25.7. The van der Waals surface area contributed by atoms with Crippen molar-refractivity contribution in [1.82, 2.24) is 5.32 Å². The minimum Gasteiger partial charge on any atom is -0.468 e. The lowest BCUT2D eigenvalue weighted by molar-refractivity contribution is -0.140. The van der Waals surface area contributed by atoms with Crippen molar-refractivity contribution in [3.05, 3.63) is 111 Å². The monoisotopic (exact) mass is 563 g/mol. The van der Waals surface area contributed by atoms with E-state index >= 15 is 0 Å². The first-order valence-electron chi connectivity index (χ1n) is 11.0. The number of halogens is 1. The minimum atomic E-state index is -0.758. The largest absolute Gasteiger partial charge is 0.468 e. The number of thioether (sulfide) groups is 1. The highest BCUT2D eigenvalue weighted by atomic mass is 79.9. The Morgan fingerprint density at radius 1 is 1.14 bits per heavy atom. The van der Waals surface area contributed by atoms with Crippen LogP contribution in [0.4, 0.5) is 5.69 Å². The molecular weight excluding hydrogens is 542 g/mol. The van der Waals surface area contributed by atoms with Gasteiger partial charge < -0.3 is 19.8 Å². The Morgan fingerprint density at radius 2 is 1.89 bits per heavy atom. The molecule has 2 heterocycles. The van der Waals surface area contributed by atoms with Crippen molar-refractivity contribution in [1.29, 1.82) is 5.26 Å². The molecule has 1 atom stereocenters. The van der Waals surface area contributed by atoms with Gasteiger partial charge in [-0.15, -0.1) is 0 Å². The maximum atomic E-state index is 13.2. The summed E-state index contributed by atoms with van der Waals surface area (Å²) in [5.41, 5.74) is 2.63. The standard InChI is InChI=1S/C27H22BrN3O4S/c1-17-24(27(33)35-15-18-6-3-2-4-7-18)25(22-8-5-13-34-22)21(14-29)26(30-17)36-16-23(32)31-20-11-9-19(28)10-12-20/h2-13,25,30H,15-16H2,1H3,(H,31,32)/t25-/m0/s1. The fourth-order valence-corrected chi connectivity index (χ4v) is 4.86. The molecule has 182 valence electrons. The number of benzene rings is 2. The minimum absolute atomic E-state index is 0.0650. The summed E-state index contributed by atoms with van der Waals surface area (Å²) < 4.78 is 12.1. The number of carbonyl (C=O) groups excluding carboxylic acids is 2. The van der Waals surface area contributed by atoms with Gasteiger partial charge in [0.05, 0.1) is 40.2 Å². The van der Waals surface area contributed by atoms with E-state index in [9.17, 15) is 14.9 Å². The van der Waals surface area contributed by atoms with Gasteiger partial charge in [0.25, 0.3) is 0 Å². The fraction of sp³-hybridized carbons (Fsp3) is 0.148. The number of rotatable bonds is 8. The van der Waals surface area contributed by atoms with E-state index in [4.69, 9.17) is 9.15 Å². The number of dihydropyridines is 1. The third-order valence-corrected chi connectivity index (χ3v) is 6.93. The fourth-order valence-electron chi connectivity index (χ4n) is 3.71. The van der Waals surface area contributed by atoms with Crippen LogP contribution >= 0.6 is 27.7 Å². The number of hydrogen-bond donors (Lipinski definition) is 2. The van der Waals surface area contributed by atoms with Crippen LogP contribution in [0.5, 0.6) is 0 Å². The lowest BCUT2D eigenvalue weighted by atomic mass is 9.86. The van der Waals surface area contributed by atoms with Crippen LogP contribution in [0.25, 0.3) is 0 Å². The first-order valence-corrected chi connectivity index (χ1v) is 12.8. The summed E-state index contributed by atoms with van der Waals surface area (Å²) in [5, 5.41) is 16.5. The van der Waals surface area contributed by atoms with Gasteiger partial charge in [0.1, 0.15) is 12.4 Å². The van der Waals surface area contributed by atoms with E-state index in [1.807, 2.05) is 42.5 Å². The number of amides is 1. The smallest absolute Gasteiger partial charge is 0.337 e. The van der Waals surface area contributed by atoms with Crippen molar-refractivity contribution in [2.45, 2.75) is 19.4 Å². The molecule has 4 rings (SSSR count). The van der Waals surface area contributed by atoms with Crippen LogP contribution in [0.2, 0.25) is 0 Å². The molecule has 9 heteroatoms. The first kappa shape index (κ1) is 25.4. The van der Waals surface area contributed by atoms with Crippen LogP contribution in [0.1, 0.15) is 24.2 Å². The number of allylic oxidation sites excluding steroid dienone is 2. The number of hydrogen-bond acceptors (Lipinski definition) is 7. The second-order valence-electron chi connectivity index (χ2n) is 7.87. The molecule has 1 aliphatic heterocycles. The summed E-state index contributed by atoms with van der Waals surface area (Å²) in [6, 6.07) is 22.2. The van der Waals surface area contributed by atoms with E-state index in [0.29, 0.717) is 27.7 Å². The Bertz CT molecular complexity index is 1340. The van der Waals surface area contributed by atoms with Crippen LogP contribution in [0.15, 0.2) is 104 Å². The number of nitrogens with zero attached hydrogens (tertiary/aromatic N) is 1. The number of carbonyl (C=O) groups is 2. The molecule has 7 nitrogen and oxygen atoms in total. The number of anilines is 1. The third kappa shape index (κ3) is 6.08. The number of ether oxygens (including phenoxy) is 1. The van der Waals surface area contributed by atoms with Crippen LogP contribution in [0, 0.1) is 11.3 Å². The van der Waals surface area contributed by atoms with Crippen molar-refractivity contribution in [3.8, 4) is 6.07 Å². The molecular formula is C27H22BrN3O4S. The van der Waals surface area contributed by atoms with Gasteiger partial charge in [-0.1, -0.05) is 58.0 Å². The van der Waals surface area contributed by atoms with Crippen LogP contribution in [-0.2, 0) is 20.9 Å². The Morgan fingerprint density at radius 3 is 2.56 bits per heavy atom. The Kier molecular flexibility index (Phi) is 8.31. The van der Waals surface area contributed by atoms with Gasteiger partial charge >= 0.3 is 5.97 Å². The maximum absolute atomic E-state index is 13.2. The number of furan rings is 1. The van der Waals surface area contributed by atoms with E-state index in [1.54, 1.807) is 31.2 Å². The van der Waals surface area contributed by atoms with Gasteiger partial charge in [-0.25, -0.2) is 4.79 Å². The second-order valence-corrected chi connectivity index (χ2v) is 9.77. The highest BCUT2D eigenvalue weighted by molar-refractivity contribution is 9.10. The molecule has 0 unspecified atom stereocenters. The summed E-state index contributed by atoms with van der Waals surface area (Å²) >= 11 is 4.55. The van der Waals surface area contributed by atoms with E-state index < -0.39 is 11.9 Å². The zero-order valence-electron chi connectivity index (χ0n) is 19.3. The molecule has 1 aromatic heterocycles. The van der Waals surface area contributed by atoms with Crippen molar-refractivity contribution in [3.63, 3.8) is 0 Å². The molecule has 36 heavy (non-hydrogen) atoms. The molecule has 0 bridgehead atoms. The molecule has 3 aromatic rings. The van der Waals surface area contributed by atoms with Gasteiger partial charge in [0.15, 0.2) is 0 Å². The van der Waals surface area contributed by atoms with Gasteiger partial charge in [0, 0.05) is 15.9 Å². The van der Waals surface area contributed by atoms with Crippen LogP contribution in [-0.4, -0.2) is 17.6 Å². The molecule has 1 amide bonds. The van der Waals surface area contributed by atoms with Crippen LogP contribution in [0.3, 0.4) is 0 Å². The van der Waals surface area contributed by atoms with Crippen molar-refractivity contribution in [2.75, 3.05) is 11.1 Å². The summed E-state index contributed by atoms with van der Waals surface area (Å²) in [6.45, 7) is 1.84. The molecule has 0 radical (unpaired) electrons. The summed E-state index contributed by atoms with van der Waals surface area (Å²) in [7, 11) is 0.